The fraction of sp³-hybridized carbons (Fsp3) is 0.133. The molecule has 21 heavy (non-hydrogen) atoms. The topological polar surface area (TPSA) is 37.9 Å². The van der Waals surface area contributed by atoms with Gasteiger partial charge in [0.2, 0.25) is 0 Å². The minimum absolute atomic E-state index is 0.0899. The van der Waals surface area contributed by atoms with Crippen LogP contribution < -0.4 is 4.74 Å². The number of rotatable bonds is 3. The summed E-state index contributed by atoms with van der Waals surface area (Å²) in [7, 11) is 0. The summed E-state index contributed by atoms with van der Waals surface area (Å²) >= 11 is 0. The number of aromatic nitrogens is 2. The lowest BCUT2D eigenvalue weighted by Crippen LogP contribution is -2.02. The molecule has 0 saturated carbocycles. The molecule has 6 heteroatoms. The van der Waals surface area contributed by atoms with Crippen molar-refractivity contribution in [1.29, 1.82) is 0 Å². The number of ether oxygens (including phenoxy) is 1. The molecule has 1 heterocycles. The molecule has 2 aromatic carbocycles. The third-order valence-corrected chi connectivity index (χ3v) is 3.05. The molecular formula is C15H11F3N2O. The Morgan fingerprint density at radius 3 is 2.62 bits per heavy atom. The zero-order chi connectivity index (χ0) is 15.0. The second kappa shape index (κ2) is 5.12. The highest BCUT2D eigenvalue weighted by Gasteiger charge is 2.23. The zero-order valence-corrected chi connectivity index (χ0v) is 11.1. The summed E-state index contributed by atoms with van der Waals surface area (Å²) in [6, 6.07) is 7.87. The van der Waals surface area contributed by atoms with Gasteiger partial charge in [-0.15, -0.1) is 0 Å². The van der Waals surface area contributed by atoms with Gasteiger partial charge in [0.15, 0.2) is 17.5 Å². The number of hydrogen-bond donors (Lipinski definition) is 1. The van der Waals surface area contributed by atoms with Crippen molar-refractivity contribution >= 4 is 11.0 Å². The van der Waals surface area contributed by atoms with Gasteiger partial charge in [-0.05, 0) is 19.1 Å². The van der Waals surface area contributed by atoms with Crippen molar-refractivity contribution < 1.29 is 17.9 Å². The number of fused-ring (bicyclic) bond motifs is 1. The molecule has 0 atom stereocenters. The molecule has 0 aliphatic carbocycles. The number of nitrogens with one attached hydrogen (secondary N) is 1. The van der Waals surface area contributed by atoms with Gasteiger partial charge in [-0.1, -0.05) is 12.1 Å². The van der Waals surface area contributed by atoms with Crippen molar-refractivity contribution in [1.82, 2.24) is 9.97 Å². The Hall–Kier alpha value is -2.50. The average Bonchev–Trinajstić information content (AvgIpc) is 2.88. The van der Waals surface area contributed by atoms with Gasteiger partial charge in [-0.3, -0.25) is 0 Å². The molecule has 3 rings (SSSR count). The molecule has 0 fully saturated rings. The van der Waals surface area contributed by atoms with E-state index >= 15 is 0 Å². The lowest BCUT2D eigenvalue weighted by molar-refractivity contribution is 0.333. The van der Waals surface area contributed by atoms with Crippen LogP contribution in [-0.2, 0) is 0 Å². The molecule has 0 aliphatic rings. The lowest BCUT2D eigenvalue weighted by Gasteiger charge is -2.10. The molecule has 1 aromatic heterocycles. The average molecular weight is 292 g/mol. The third-order valence-electron chi connectivity index (χ3n) is 3.05. The van der Waals surface area contributed by atoms with Crippen LogP contribution in [0, 0.1) is 17.5 Å². The van der Waals surface area contributed by atoms with Crippen molar-refractivity contribution in [3.63, 3.8) is 0 Å². The molecular weight excluding hydrogens is 281 g/mol. The third kappa shape index (κ3) is 2.22. The first-order valence-electron chi connectivity index (χ1n) is 6.37. The molecule has 3 aromatic rings. The SMILES string of the molecule is CCOc1cc(F)c(F)c(F)c1-c1nc2ccccc2[nH]1. The molecule has 3 nitrogen and oxygen atoms in total. The molecule has 0 bridgehead atoms. The summed E-state index contributed by atoms with van der Waals surface area (Å²) in [5, 5.41) is 0. The number of H-pyrrole nitrogens is 1. The van der Waals surface area contributed by atoms with Gasteiger partial charge in [0.25, 0.3) is 0 Å². The van der Waals surface area contributed by atoms with Crippen molar-refractivity contribution in [2.75, 3.05) is 6.61 Å². The number of aromatic amines is 1. The van der Waals surface area contributed by atoms with Crippen LogP contribution in [0.1, 0.15) is 6.92 Å². The monoisotopic (exact) mass is 292 g/mol. The minimum atomic E-state index is -1.55. The molecule has 0 aliphatic heterocycles. The Bertz CT molecular complexity index is 781. The Kier molecular flexibility index (Phi) is 3.29. The molecule has 0 amide bonds. The van der Waals surface area contributed by atoms with E-state index in [2.05, 4.69) is 9.97 Å². The van der Waals surface area contributed by atoms with Crippen LogP contribution in [0.3, 0.4) is 0 Å². The molecule has 108 valence electrons. The molecule has 0 spiro atoms. The largest absolute Gasteiger partial charge is 0.493 e. The summed E-state index contributed by atoms with van der Waals surface area (Å²) in [6.07, 6.45) is 0. The highest BCUT2D eigenvalue weighted by Crippen LogP contribution is 2.34. The maximum atomic E-state index is 14.1. The number of nitrogens with zero attached hydrogens (tertiary/aromatic N) is 1. The molecule has 0 radical (unpaired) electrons. The smallest absolute Gasteiger partial charge is 0.195 e. The highest BCUT2D eigenvalue weighted by molar-refractivity contribution is 5.80. The minimum Gasteiger partial charge on any atom is -0.493 e. The predicted molar refractivity (Wildman–Crippen MR) is 72.6 cm³/mol. The van der Waals surface area contributed by atoms with Crippen molar-refractivity contribution in [2.24, 2.45) is 0 Å². The molecule has 0 unspecified atom stereocenters. The maximum Gasteiger partial charge on any atom is 0.195 e. The summed E-state index contributed by atoms with van der Waals surface area (Å²) in [6.45, 7) is 1.86. The standard InChI is InChI=1S/C15H11F3N2O/c1-2-21-11-7-8(16)13(17)14(18)12(11)15-19-9-5-3-4-6-10(9)20-15/h3-7H,2H2,1H3,(H,19,20). The van der Waals surface area contributed by atoms with Gasteiger partial charge in [0.1, 0.15) is 11.6 Å². The van der Waals surface area contributed by atoms with E-state index in [1.807, 2.05) is 0 Å². The number of imidazole rings is 1. The summed E-state index contributed by atoms with van der Waals surface area (Å²) in [5.41, 5.74) is 1.05. The van der Waals surface area contributed by atoms with Gasteiger partial charge in [0.05, 0.1) is 23.2 Å². The Balaban J connectivity index is 2.26. The van der Waals surface area contributed by atoms with Gasteiger partial charge in [0, 0.05) is 6.07 Å². The lowest BCUT2D eigenvalue weighted by atomic mass is 10.1. The maximum absolute atomic E-state index is 14.1. The van der Waals surface area contributed by atoms with Crippen LogP contribution in [0.25, 0.3) is 22.4 Å². The van der Waals surface area contributed by atoms with Gasteiger partial charge in [-0.2, -0.15) is 0 Å². The zero-order valence-electron chi connectivity index (χ0n) is 11.1. The first kappa shape index (κ1) is 13.5. The van der Waals surface area contributed by atoms with E-state index in [-0.39, 0.29) is 23.7 Å². The second-order valence-corrected chi connectivity index (χ2v) is 4.40. The Morgan fingerprint density at radius 1 is 1.14 bits per heavy atom. The Morgan fingerprint density at radius 2 is 1.90 bits per heavy atom. The predicted octanol–water partition coefficient (Wildman–Crippen LogP) is 4.05. The van der Waals surface area contributed by atoms with Gasteiger partial charge in [-0.25, -0.2) is 18.2 Å². The fourth-order valence-corrected chi connectivity index (χ4v) is 2.13. The van der Waals surface area contributed by atoms with Crippen molar-refractivity contribution in [3.8, 4) is 17.1 Å². The van der Waals surface area contributed by atoms with E-state index in [9.17, 15) is 13.2 Å². The van der Waals surface area contributed by atoms with E-state index in [1.165, 1.54) is 0 Å². The number of benzene rings is 2. The van der Waals surface area contributed by atoms with Crippen LogP contribution in [0.15, 0.2) is 30.3 Å². The summed E-state index contributed by atoms with van der Waals surface area (Å²) in [4.78, 5) is 7.07. The van der Waals surface area contributed by atoms with Crippen molar-refractivity contribution in [2.45, 2.75) is 6.92 Å². The quantitative estimate of drug-likeness (QED) is 0.740. The van der Waals surface area contributed by atoms with Crippen LogP contribution >= 0.6 is 0 Å². The van der Waals surface area contributed by atoms with E-state index in [4.69, 9.17) is 4.74 Å². The first-order chi connectivity index (χ1) is 10.1. The van der Waals surface area contributed by atoms with Gasteiger partial charge >= 0.3 is 0 Å². The number of para-hydroxylation sites is 2. The highest BCUT2D eigenvalue weighted by atomic mass is 19.2. The second-order valence-electron chi connectivity index (χ2n) is 4.40. The van der Waals surface area contributed by atoms with E-state index in [0.717, 1.165) is 6.07 Å². The number of hydrogen-bond acceptors (Lipinski definition) is 2. The first-order valence-corrected chi connectivity index (χ1v) is 6.37. The van der Waals surface area contributed by atoms with Gasteiger partial charge < -0.3 is 9.72 Å². The Labute approximate surface area is 118 Å². The summed E-state index contributed by atoms with van der Waals surface area (Å²) < 4.78 is 46.1. The van der Waals surface area contributed by atoms with E-state index in [1.54, 1.807) is 31.2 Å². The molecule has 0 saturated heterocycles. The van der Waals surface area contributed by atoms with Crippen LogP contribution in [0.5, 0.6) is 5.75 Å². The fourth-order valence-electron chi connectivity index (χ4n) is 2.13. The molecule has 1 N–H and O–H groups in total. The van der Waals surface area contributed by atoms with E-state index in [0.29, 0.717) is 11.0 Å². The van der Waals surface area contributed by atoms with Crippen LogP contribution in [-0.4, -0.2) is 16.6 Å². The summed E-state index contributed by atoms with van der Waals surface area (Å²) in [5.74, 6) is -4.16. The normalized spacial score (nSPS) is 11.0. The number of halogens is 3. The van der Waals surface area contributed by atoms with Crippen LogP contribution in [0.4, 0.5) is 13.2 Å². The van der Waals surface area contributed by atoms with Crippen molar-refractivity contribution in [3.05, 3.63) is 47.8 Å². The van der Waals surface area contributed by atoms with Crippen LogP contribution in [0.2, 0.25) is 0 Å². The van der Waals surface area contributed by atoms with E-state index < -0.39 is 17.5 Å².